The molecule has 2 aromatic carbocycles. The van der Waals surface area contributed by atoms with Crippen LogP contribution in [0.3, 0.4) is 0 Å². The number of nitrogens with one attached hydrogen (secondary N) is 1. The van der Waals surface area contributed by atoms with Crippen LogP contribution in [0.2, 0.25) is 0 Å². The molecule has 0 aliphatic heterocycles. The van der Waals surface area contributed by atoms with Crippen molar-refractivity contribution in [1.82, 2.24) is 5.32 Å². The molecular formula is C23H30N2O3. The Morgan fingerprint density at radius 3 is 2.75 bits per heavy atom. The monoisotopic (exact) mass is 382 g/mol. The molecule has 5 nitrogen and oxygen atoms in total. The minimum Gasteiger partial charge on any atom is -0.497 e. The van der Waals surface area contributed by atoms with E-state index in [-0.39, 0.29) is 18.2 Å². The zero-order chi connectivity index (χ0) is 19.9. The number of nitrogens with two attached hydrogens (primary N) is 1. The lowest BCUT2D eigenvalue weighted by atomic mass is 10.0. The molecule has 1 aliphatic rings. The number of methoxy groups -OCH3 is 1. The number of hydrogen-bond donors (Lipinski definition) is 3. The van der Waals surface area contributed by atoms with E-state index in [1.807, 2.05) is 42.5 Å². The van der Waals surface area contributed by atoms with Crippen molar-refractivity contribution in [3.63, 3.8) is 0 Å². The Hall–Kier alpha value is -2.18. The first kappa shape index (κ1) is 20.6. The van der Waals surface area contributed by atoms with Gasteiger partial charge in [-0.15, -0.1) is 6.58 Å². The van der Waals surface area contributed by atoms with Gasteiger partial charge in [-0.25, -0.2) is 0 Å². The smallest absolute Gasteiger partial charge is 0.119 e. The zero-order valence-electron chi connectivity index (χ0n) is 16.4. The van der Waals surface area contributed by atoms with Crippen molar-refractivity contribution in [2.75, 3.05) is 20.3 Å². The highest BCUT2D eigenvalue weighted by molar-refractivity contribution is 5.42. The molecule has 4 atom stereocenters. The Balaban J connectivity index is 1.62. The standard InChI is InChI=1S/C23H30N2O3/c1-3-11-28-23-14-21(19-13-17(27-2)9-10-18(19)23)25-15-22(26)20(24)12-16-7-5-4-6-8-16/h3-10,13,20-23,25-26H,1,11-12,14-15,24H2,2H3/t20-,21+,22?,23-/m0/s1. The van der Waals surface area contributed by atoms with Gasteiger partial charge < -0.3 is 25.6 Å². The maximum atomic E-state index is 10.5. The molecule has 0 saturated carbocycles. The molecule has 4 N–H and O–H groups in total. The lowest BCUT2D eigenvalue weighted by Gasteiger charge is -2.22. The molecule has 0 bridgehead atoms. The van der Waals surface area contributed by atoms with E-state index in [1.54, 1.807) is 13.2 Å². The van der Waals surface area contributed by atoms with Gasteiger partial charge in [0, 0.05) is 18.6 Å². The fourth-order valence-electron chi connectivity index (χ4n) is 3.71. The van der Waals surface area contributed by atoms with Gasteiger partial charge in [0.2, 0.25) is 0 Å². The van der Waals surface area contributed by atoms with Crippen LogP contribution in [-0.2, 0) is 11.2 Å². The van der Waals surface area contributed by atoms with Crippen molar-refractivity contribution in [3.8, 4) is 5.75 Å². The Morgan fingerprint density at radius 2 is 2.04 bits per heavy atom. The largest absolute Gasteiger partial charge is 0.497 e. The van der Waals surface area contributed by atoms with Crippen molar-refractivity contribution in [2.24, 2.45) is 5.73 Å². The zero-order valence-corrected chi connectivity index (χ0v) is 16.4. The number of rotatable bonds is 10. The summed E-state index contributed by atoms with van der Waals surface area (Å²) in [5, 5.41) is 14.0. The summed E-state index contributed by atoms with van der Waals surface area (Å²) >= 11 is 0. The van der Waals surface area contributed by atoms with E-state index in [2.05, 4.69) is 18.0 Å². The van der Waals surface area contributed by atoms with Gasteiger partial charge in [0.25, 0.3) is 0 Å². The molecule has 0 fully saturated rings. The average molecular weight is 383 g/mol. The van der Waals surface area contributed by atoms with Gasteiger partial charge in [0.05, 0.1) is 25.9 Å². The summed E-state index contributed by atoms with van der Waals surface area (Å²) in [5.74, 6) is 0.816. The van der Waals surface area contributed by atoms with Gasteiger partial charge in [0.1, 0.15) is 5.75 Å². The van der Waals surface area contributed by atoms with Crippen LogP contribution in [0.15, 0.2) is 61.2 Å². The van der Waals surface area contributed by atoms with Gasteiger partial charge in [0.15, 0.2) is 0 Å². The summed E-state index contributed by atoms with van der Waals surface area (Å²) in [5.41, 5.74) is 9.66. The number of fused-ring (bicyclic) bond motifs is 1. The molecule has 1 aliphatic carbocycles. The predicted octanol–water partition coefficient (Wildman–Crippen LogP) is 2.90. The van der Waals surface area contributed by atoms with Crippen molar-refractivity contribution in [1.29, 1.82) is 0 Å². The van der Waals surface area contributed by atoms with Crippen LogP contribution >= 0.6 is 0 Å². The maximum absolute atomic E-state index is 10.5. The molecule has 0 amide bonds. The molecule has 0 aromatic heterocycles. The number of ether oxygens (including phenoxy) is 2. The number of benzene rings is 2. The van der Waals surface area contributed by atoms with Crippen LogP contribution in [0.5, 0.6) is 5.75 Å². The Labute approximate surface area is 167 Å². The molecule has 0 spiro atoms. The molecule has 5 heteroatoms. The van der Waals surface area contributed by atoms with Gasteiger partial charge >= 0.3 is 0 Å². The van der Waals surface area contributed by atoms with Crippen LogP contribution in [0.25, 0.3) is 0 Å². The second-order valence-electron chi connectivity index (χ2n) is 7.22. The topological polar surface area (TPSA) is 76.7 Å². The fraction of sp³-hybridized carbons (Fsp3) is 0.391. The fourth-order valence-corrected chi connectivity index (χ4v) is 3.71. The van der Waals surface area contributed by atoms with E-state index in [1.165, 1.54) is 0 Å². The van der Waals surface area contributed by atoms with Crippen LogP contribution in [0.1, 0.15) is 35.3 Å². The van der Waals surface area contributed by atoms with Crippen LogP contribution in [0, 0.1) is 0 Å². The van der Waals surface area contributed by atoms with E-state index >= 15 is 0 Å². The summed E-state index contributed by atoms with van der Waals surface area (Å²) in [6.07, 6.45) is 2.57. The van der Waals surface area contributed by atoms with E-state index in [0.717, 1.165) is 28.9 Å². The normalized spacial score (nSPS) is 20.4. The molecule has 0 saturated heterocycles. The molecule has 0 heterocycles. The number of hydrogen-bond acceptors (Lipinski definition) is 5. The SMILES string of the molecule is C=CCO[C@H]1C[C@@H](NCC(O)[C@@H](N)Cc2ccccc2)c2cc(OC)ccc21. The van der Waals surface area contributed by atoms with E-state index < -0.39 is 6.10 Å². The predicted molar refractivity (Wildman–Crippen MR) is 111 cm³/mol. The highest BCUT2D eigenvalue weighted by Gasteiger charge is 2.32. The average Bonchev–Trinajstić information content (AvgIpc) is 3.07. The summed E-state index contributed by atoms with van der Waals surface area (Å²) in [6, 6.07) is 15.8. The van der Waals surface area contributed by atoms with Gasteiger partial charge in [-0.05, 0) is 41.7 Å². The van der Waals surface area contributed by atoms with Crippen LogP contribution in [-0.4, -0.2) is 37.5 Å². The first-order valence-corrected chi connectivity index (χ1v) is 9.73. The summed E-state index contributed by atoms with van der Waals surface area (Å²) < 4.78 is 11.3. The first-order valence-electron chi connectivity index (χ1n) is 9.73. The van der Waals surface area contributed by atoms with Crippen LogP contribution < -0.4 is 15.8 Å². The summed E-state index contributed by atoms with van der Waals surface area (Å²) in [7, 11) is 1.66. The third-order valence-corrected chi connectivity index (χ3v) is 5.26. The van der Waals surface area contributed by atoms with Gasteiger partial charge in [-0.1, -0.05) is 42.5 Å². The summed E-state index contributed by atoms with van der Waals surface area (Å²) in [4.78, 5) is 0. The number of aliphatic hydroxyl groups is 1. The molecule has 3 rings (SSSR count). The minimum absolute atomic E-state index is 0.00606. The Morgan fingerprint density at radius 1 is 1.25 bits per heavy atom. The first-order chi connectivity index (χ1) is 13.6. The van der Waals surface area contributed by atoms with Crippen molar-refractivity contribution >= 4 is 0 Å². The van der Waals surface area contributed by atoms with Crippen molar-refractivity contribution < 1.29 is 14.6 Å². The summed E-state index contributed by atoms with van der Waals surface area (Å²) in [6.45, 7) is 4.66. The molecule has 2 aromatic rings. The van der Waals surface area contributed by atoms with Crippen LogP contribution in [0.4, 0.5) is 0 Å². The van der Waals surface area contributed by atoms with E-state index in [4.69, 9.17) is 15.2 Å². The third kappa shape index (κ3) is 5.00. The number of aliphatic hydroxyl groups excluding tert-OH is 1. The maximum Gasteiger partial charge on any atom is 0.119 e. The second-order valence-corrected chi connectivity index (χ2v) is 7.22. The Bertz CT molecular complexity index is 766. The Kier molecular flexibility index (Phi) is 7.23. The molecule has 28 heavy (non-hydrogen) atoms. The molecule has 1 unspecified atom stereocenters. The third-order valence-electron chi connectivity index (χ3n) is 5.26. The highest BCUT2D eigenvalue weighted by atomic mass is 16.5. The lowest BCUT2D eigenvalue weighted by Crippen LogP contribution is -2.43. The van der Waals surface area contributed by atoms with E-state index in [9.17, 15) is 5.11 Å². The molecular weight excluding hydrogens is 352 g/mol. The second kappa shape index (κ2) is 9.85. The quantitative estimate of drug-likeness (QED) is 0.551. The minimum atomic E-state index is -0.637. The van der Waals surface area contributed by atoms with Crippen molar-refractivity contribution in [3.05, 3.63) is 77.9 Å². The molecule has 150 valence electrons. The lowest BCUT2D eigenvalue weighted by molar-refractivity contribution is 0.0678. The highest BCUT2D eigenvalue weighted by Crippen LogP contribution is 2.42. The van der Waals surface area contributed by atoms with Crippen molar-refractivity contribution in [2.45, 2.75) is 37.1 Å². The molecule has 0 radical (unpaired) electrons. The van der Waals surface area contributed by atoms with Gasteiger partial charge in [-0.2, -0.15) is 0 Å². The van der Waals surface area contributed by atoms with Gasteiger partial charge in [-0.3, -0.25) is 0 Å². The van der Waals surface area contributed by atoms with E-state index in [0.29, 0.717) is 19.6 Å².